The number of hydrogen-bond acceptors (Lipinski definition) is 3. The first-order chi connectivity index (χ1) is 9.88. The highest BCUT2D eigenvalue weighted by Gasteiger charge is 2.48. The van der Waals surface area contributed by atoms with Crippen LogP contribution in [0.3, 0.4) is 0 Å². The summed E-state index contributed by atoms with van der Waals surface area (Å²) in [7, 11) is 0. The predicted octanol–water partition coefficient (Wildman–Crippen LogP) is 2.92. The number of halogens is 2. The van der Waals surface area contributed by atoms with Crippen LogP contribution in [0.4, 0.5) is 8.78 Å². The maximum atomic E-state index is 13.7. The highest BCUT2D eigenvalue weighted by atomic mass is 19.3. The Balaban J connectivity index is 1.60. The van der Waals surface area contributed by atoms with Gasteiger partial charge in [0.25, 0.3) is 5.92 Å². The Hall–Kier alpha value is -0.260. The summed E-state index contributed by atoms with van der Waals surface area (Å²) in [6, 6.07) is 0.555. The molecule has 3 nitrogen and oxygen atoms in total. The normalized spacial score (nSPS) is 43.4. The van der Waals surface area contributed by atoms with Gasteiger partial charge in [-0.25, -0.2) is 8.78 Å². The Morgan fingerprint density at radius 3 is 2.33 bits per heavy atom. The van der Waals surface area contributed by atoms with Gasteiger partial charge in [-0.05, 0) is 52.4 Å². The lowest BCUT2D eigenvalue weighted by molar-refractivity contribution is -0.145. The van der Waals surface area contributed by atoms with E-state index in [0.29, 0.717) is 31.0 Å². The molecule has 5 heteroatoms. The summed E-state index contributed by atoms with van der Waals surface area (Å²) >= 11 is 0. The Kier molecular flexibility index (Phi) is 4.27. The van der Waals surface area contributed by atoms with Gasteiger partial charge in [0.05, 0.1) is 18.2 Å². The quantitative estimate of drug-likeness (QED) is 0.871. The molecule has 21 heavy (non-hydrogen) atoms. The molecule has 0 amide bonds. The molecule has 2 heterocycles. The number of ether oxygens (including phenoxy) is 1. The molecule has 2 N–H and O–H groups in total. The van der Waals surface area contributed by atoms with E-state index in [4.69, 9.17) is 10.5 Å². The number of hydrogen-bond donors (Lipinski definition) is 1. The van der Waals surface area contributed by atoms with Crippen LogP contribution < -0.4 is 5.73 Å². The van der Waals surface area contributed by atoms with Crippen LogP contribution in [-0.4, -0.2) is 47.2 Å². The van der Waals surface area contributed by atoms with Gasteiger partial charge < -0.3 is 10.5 Å². The van der Waals surface area contributed by atoms with E-state index in [2.05, 4.69) is 18.7 Å². The molecule has 0 aromatic heterocycles. The Morgan fingerprint density at radius 1 is 1.14 bits per heavy atom. The van der Waals surface area contributed by atoms with E-state index in [0.717, 1.165) is 12.8 Å². The molecule has 4 atom stereocenters. The fourth-order valence-corrected chi connectivity index (χ4v) is 4.67. The average molecular weight is 302 g/mol. The van der Waals surface area contributed by atoms with Crippen molar-refractivity contribution in [2.75, 3.05) is 0 Å². The van der Waals surface area contributed by atoms with Crippen LogP contribution in [0.2, 0.25) is 0 Å². The number of fused-ring (bicyclic) bond motifs is 2. The lowest BCUT2D eigenvalue weighted by atomic mass is 9.88. The standard InChI is InChI=1S/C16H28F2N2O/c1-10(2)20-11-5-6-12(20)9-13(8-11)21-14-4-3-7-16(17,18)15(14)19/h10-15H,3-9,19H2,1-2H3/t11?,12?,13?,14-,15+/m0/s1. The van der Waals surface area contributed by atoms with Crippen molar-refractivity contribution in [2.45, 2.75) is 101 Å². The first-order valence-corrected chi connectivity index (χ1v) is 8.45. The monoisotopic (exact) mass is 302 g/mol. The highest BCUT2D eigenvalue weighted by molar-refractivity contribution is 4.98. The van der Waals surface area contributed by atoms with E-state index in [9.17, 15) is 8.78 Å². The molecule has 2 bridgehead atoms. The van der Waals surface area contributed by atoms with Crippen molar-refractivity contribution >= 4 is 0 Å². The van der Waals surface area contributed by atoms with Gasteiger partial charge in [0.15, 0.2) is 0 Å². The molecule has 2 aliphatic heterocycles. The van der Waals surface area contributed by atoms with Crippen molar-refractivity contribution in [3.63, 3.8) is 0 Å². The second-order valence-electron chi connectivity index (χ2n) is 7.37. The topological polar surface area (TPSA) is 38.5 Å². The second-order valence-corrected chi connectivity index (χ2v) is 7.37. The van der Waals surface area contributed by atoms with Gasteiger partial charge in [-0.1, -0.05) is 0 Å². The van der Waals surface area contributed by atoms with Crippen molar-refractivity contribution in [3.8, 4) is 0 Å². The largest absolute Gasteiger partial charge is 0.373 e. The fourth-order valence-electron chi connectivity index (χ4n) is 4.67. The summed E-state index contributed by atoms with van der Waals surface area (Å²) in [5.74, 6) is -2.76. The third-order valence-corrected chi connectivity index (χ3v) is 5.60. The number of nitrogens with two attached hydrogens (primary N) is 1. The first-order valence-electron chi connectivity index (χ1n) is 8.45. The highest BCUT2D eigenvalue weighted by Crippen LogP contribution is 2.40. The molecule has 0 aromatic carbocycles. The summed E-state index contributed by atoms with van der Waals surface area (Å²) in [5, 5.41) is 0. The number of piperidine rings is 1. The van der Waals surface area contributed by atoms with Gasteiger partial charge in [0.2, 0.25) is 0 Å². The third-order valence-electron chi connectivity index (χ3n) is 5.60. The Bertz CT molecular complexity index is 363. The van der Waals surface area contributed by atoms with Crippen molar-refractivity contribution in [1.82, 2.24) is 4.90 Å². The van der Waals surface area contributed by atoms with Crippen molar-refractivity contribution in [3.05, 3.63) is 0 Å². The fraction of sp³-hybridized carbons (Fsp3) is 1.00. The molecule has 122 valence electrons. The van der Waals surface area contributed by atoms with E-state index in [-0.39, 0.29) is 12.5 Å². The van der Waals surface area contributed by atoms with Crippen molar-refractivity contribution in [1.29, 1.82) is 0 Å². The molecule has 1 aliphatic carbocycles. The minimum Gasteiger partial charge on any atom is -0.373 e. The zero-order valence-corrected chi connectivity index (χ0v) is 13.1. The first kappa shape index (κ1) is 15.6. The van der Waals surface area contributed by atoms with E-state index in [1.807, 2.05) is 0 Å². The molecule has 3 aliphatic rings. The molecule has 2 unspecified atom stereocenters. The summed E-state index contributed by atoms with van der Waals surface area (Å²) in [5.41, 5.74) is 5.75. The van der Waals surface area contributed by atoms with E-state index in [1.165, 1.54) is 12.8 Å². The molecule has 0 aromatic rings. The molecular formula is C16H28F2N2O. The van der Waals surface area contributed by atoms with Gasteiger partial charge in [0, 0.05) is 24.5 Å². The van der Waals surface area contributed by atoms with Crippen molar-refractivity contribution < 1.29 is 13.5 Å². The van der Waals surface area contributed by atoms with Crippen LogP contribution in [-0.2, 0) is 4.74 Å². The molecule has 3 rings (SSSR count). The number of rotatable bonds is 3. The average Bonchev–Trinajstić information content (AvgIpc) is 2.67. The number of nitrogens with zero attached hydrogens (tertiary/aromatic N) is 1. The van der Waals surface area contributed by atoms with Gasteiger partial charge in [-0.15, -0.1) is 0 Å². The SMILES string of the molecule is CC(C)N1C2CCC1CC(O[C@H]1CCCC(F)(F)[C@@H]1N)C2. The van der Waals surface area contributed by atoms with Gasteiger partial charge in [-0.2, -0.15) is 0 Å². The van der Waals surface area contributed by atoms with Crippen LogP contribution >= 0.6 is 0 Å². The van der Waals surface area contributed by atoms with Crippen LogP contribution in [0, 0.1) is 0 Å². The summed E-state index contributed by atoms with van der Waals surface area (Å²) in [6.45, 7) is 4.48. The Morgan fingerprint density at radius 2 is 1.76 bits per heavy atom. The molecular weight excluding hydrogens is 274 g/mol. The van der Waals surface area contributed by atoms with Crippen LogP contribution in [0.1, 0.15) is 58.8 Å². The lowest BCUT2D eigenvalue weighted by Crippen LogP contribution is -2.56. The maximum absolute atomic E-state index is 13.7. The molecule has 0 spiro atoms. The molecule has 3 fully saturated rings. The third kappa shape index (κ3) is 2.97. The summed E-state index contributed by atoms with van der Waals surface area (Å²) < 4.78 is 33.5. The van der Waals surface area contributed by atoms with Gasteiger partial charge >= 0.3 is 0 Å². The second kappa shape index (κ2) is 5.74. The maximum Gasteiger partial charge on any atom is 0.265 e. The Labute approximate surface area is 126 Å². The van der Waals surface area contributed by atoms with Crippen LogP contribution in [0.25, 0.3) is 0 Å². The predicted molar refractivity (Wildman–Crippen MR) is 78.5 cm³/mol. The summed E-state index contributed by atoms with van der Waals surface area (Å²) in [6.07, 6.45) is 5.13. The van der Waals surface area contributed by atoms with Crippen molar-refractivity contribution in [2.24, 2.45) is 5.73 Å². The zero-order chi connectivity index (χ0) is 15.2. The minimum atomic E-state index is -2.76. The van der Waals surface area contributed by atoms with E-state index in [1.54, 1.807) is 0 Å². The van der Waals surface area contributed by atoms with Gasteiger partial charge in [0.1, 0.15) is 0 Å². The van der Waals surface area contributed by atoms with Gasteiger partial charge in [-0.3, -0.25) is 4.90 Å². The minimum absolute atomic E-state index is 0.0922. The molecule has 2 saturated heterocycles. The zero-order valence-electron chi connectivity index (χ0n) is 13.1. The molecule has 1 saturated carbocycles. The lowest BCUT2D eigenvalue weighted by Gasteiger charge is -2.44. The van der Waals surface area contributed by atoms with E-state index < -0.39 is 18.1 Å². The van der Waals surface area contributed by atoms with E-state index >= 15 is 0 Å². The molecule has 0 radical (unpaired) electrons. The summed E-state index contributed by atoms with van der Waals surface area (Å²) in [4.78, 5) is 2.59. The number of alkyl halides is 2. The van der Waals surface area contributed by atoms with Crippen LogP contribution in [0.5, 0.6) is 0 Å². The van der Waals surface area contributed by atoms with Crippen LogP contribution in [0.15, 0.2) is 0 Å². The smallest absolute Gasteiger partial charge is 0.265 e.